The van der Waals surface area contributed by atoms with Crippen LogP contribution in [0.3, 0.4) is 0 Å². The first-order valence-electron chi connectivity index (χ1n) is 5.89. The van der Waals surface area contributed by atoms with E-state index in [0.29, 0.717) is 17.6 Å². The van der Waals surface area contributed by atoms with Crippen molar-refractivity contribution >= 4 is 10.8 Å². The van der Waals surface area contributed by atoms with Crippen LogP contribution in [0.25, 0.3) is 21.9 Å². The molecule has 0 bridgehead atoms. The zero-order valence-electron chi connectivity index (χ0n) is 10.4. The maximum atomic E-state index is 11.9. The van der Waals surface area contributed by atoms with E-state index in [2.05, 4.69) is 15.3 Å². The predicted molar refractivity (Wildman–Crippen MR) is 72.5 cm³/mol. The molecule has 2 heterocycles. The van der Waals surface area contributed by atoms with E-state index in [0.717, 1.165) is 16.5 Å². The van der Waals surface area contributed by atoms with Crippen LogP contribution in [-0.4, -0.2) is 20.0 Å². The Morgan fingerprint density at radius 2 is 2.16 bits per heavy atom. The van der Waals surface area contributed by atoms with Gasteiger partial charge < -0.3 is 5.73 Å². The van der Waals surface area contributed by atoms with Crippen LogP contribution in [0.1, 0.15) is 5.69 Å². The molecule has 3 rings (SSSR count). The zero-order valence-corrected chi connectivity index (χ0v) is 10.4. The number of fused-ring (bicyclic) bond motifs is 1. The molecule has 0 saturated heterocycles. The Bertz CT molecular complexity index is 802. The van der Waals surface area contributed by atoms with E-state index >= 15 is 0 Å². The van der Waals surface area contributed by atoms with Crippen molar-refractivity contribution in [3.8, 4) is 11.1 Å². The van der Waals surface area contributed by atoms with Gasteiger partial charge in [-0.1, -0.05) is 12.1 Å². The van der Waals surface area contributed by atoms with Crippen molar-refractivity contribution in [2.24, 2.45) is 12.8 Å². The molecular weight excluding hydrogens is 242 g/mol. The van der Waals surface area contributed by atoms with Gasteiger partial charge in [0, 0.05) is 30.7 Å². The molecule has 96 valence electrons. The molecule has 0 amide bonds. The average molecular weight is 255 g/mol. The molecule has 0 aliphatic heterocycles. The molecule has 0 aliphatic rings. The maximum absolute atomic E-state index is 11.9. The zero-order chi connectivity index (χ0) is 13.4. The Morgan fingerprint density at radius 3 is 2.84 bits per heavy atom. The third kappa shape index (κ3) is 1.92. The van der Waals surface area contributed by atoms with Crippen LogP contribution in [0.4, 0.5) is 0 Å². The number of H-pyrrole nitrogens is 1. The second-order valence-corrected chi connectivity index (χ2v) is 4.37. The van der Waals surface area contributed by atoms with E-state index in [-0.39, 0.29) is 5.56 Å². The summed E-state index contributed by atoms with van der Waals surface area (Å²) in [5.74, 6) is 0. The predicted octanol–water partition coefficient (Wildman–Crippen LogP) is 0.782. The highest BCUT2D eigenvalue weighted by Gasteiger charge is 2.08. The van der Waals surface area contributed by atoms with Crippen LogP contribution in [-0.2, 0) is 13.6 Å². The number of aromatic nitrogens is 4. The second kappa shape index (κ2) is 4.33. The minimum atomic E-state index is -0.210. The van der Waals surface area contributed by atoms with Gasteiger partial charge in [0.1, 0.15) is 0 Å². The van der Waals surface area contributed by atoms with Crippen LogP contribution >= 0.6 is 0 Å². The van der Waals surface area contributed by atoms with Gasteiger partial charge in [0.2, 0.25) is 0 Å². The first kappa shape index (κ1) is 11.6. The standard InChI is InChI=1S/C13H13N5O/c1-18-7-9(6-15-18)8-2-3-10-11(4-8)13(19)17-16-12(10)5-14/h2-4,6-7H,5,14H2,1H3,(H,17,19). The number of hydrogen-bond acceptors (Lipinski definition) is 4. The highest BCUT2D eigenvalue weighted by Crippen LogP contribution is 2.23. The fraction of sp³-hybridized carbons (Fsp3) is 0.154. The van der Waals surface area contributed by atoms with Gasteiger partial charge in [-0.15, -0.1) is 0 Å². The van der Waals surface area contributed by atoms with Gasteiger partial charge in [0.05, 0.1) is 17.3 Å². The van der Waals surface area contributed by atoms with Gasteiger partial charge in [0.15, 0.2) is 0 Å². The van der Waals surface area contributed by atoms with Crippen molar-refractivity contribution in [2.45, 2.75) is 6.54 Å². The number of aryl methyl sites for hydroxylation is 1. The summed E-state index contributed by atoms with van der Waals surface area (Å²) in [4.78, 5) is 11.9. The Morgan fingerprint density at radius 1 is 1.32 bits per heavy atom. The normalized spacial score (nSPS) is 11.1. The van der Waals surface area contributed by atoms with Crippen LogP contribution in [0.5, 0.6) is 0 Å². The SMILES string of the molecule is Cn1cc(-c2ccc3c(CN)n[nH]c(=O)c3c2)cn1. The summed E-state index contributed by atoms with van der Waals surface area (Å²) < 4.78 is 1.72. The molecule has 6 nitrogen and oxygen atoms in total. The van der Waals surface area contributed by atoms with Crippen molar-refractivity contribution < 1.29 is 0 Å². The number of hydrogen-bond donors (Lipinski definition) is 2. The van der Waals surface area contributed by atoms with Gasteiger partial charge in [0.25, 0.3) is 5.56 Å². The lowest BCUT2D eigenvalue weighted by atomic mass is 10.0. The first-order valence-corrected chi connectivity index (χ1v) is 5.89. The molecule has 3 N–H and O–H groups in total. The molecule has 0 radical (unpaired) electrons. The molecule has 0 saturated carbocycles. The Kier molecular flexibility index (Phi) is 2.64. The van der Waals surface area contributed by atoms with E-state index in [1.54, 1.807) is 10.9 Å². The van der Waals surface area contributed by atoms with Crippen molar-refractivity contribution in [3.63, 3.8) is 0 Å². The summed E-state index contributed by atoms with van der Waals surface area (Å²) in [7, 11) is 1.85. The summed E-state index contributed by atoms with van der Waals surface area (Å²) in [5.41, 5.74) is 8.01. The largest absolute Gasteiger partial charge is 0.325 e. The van der Waals surface area contributed by atoms with Crippen LogP contribution in [0, 0.1) is 0 Å². The molecule has 3 aromatic rings. The van der Waals surface area contributed by atoms with Gasteiger partial charge in [-0.2, -0.15) is 10.2 Å². The van der Waals surface area contributed by atoms with E-state index in [9.17, 15) is 4.79 Å². The highest BCUT2D eigenvalue weighted by atomic mass is 16.1. The van der Waals surface area contributed by atoms with Crippen LogP contribution < -0.4 is 11.3 Å². The Labute approximate surface area is 108 Å². The molecule has 6 heteroatoms. The van der Waals surface area contributed by atoms with Gasteiger partial charge in [-0.3, -0.25) is 9.48 Å². The smallest absolute Gasteiger partial charge is 0.272 e. The highest BCUT2D eigenvalue weighted by molar-refractivity contribution is 5.87. The number of nitrogens with two attached hydrogens (primary N) is 1. The van der Waals surface area contributed by atoms with Crippen molar-refractivity contribution in [3.05, 3.63) is 46.6 Å². The topological polar surface area (TPSA) is 89.6 Å². The van der Waals surface area contributed by atoms with E-state index < -0.39 is 0 Å². The average Bonchev–Trinajstić information content (AvgIpc) is 2.86. The molecule has 0 fully saturated rings. The van der Waals surface area contributed by atoms with Crippen molar-refractivity contribution in [1.29, 1.82) is 0 Å². The number of rotatable bonds is 2. The number of nitrogens with one attached hydrogen (secondary N) is 1. The van der Waals surface area contributed by atoms with Crippen LogP contribution in [0.2, 0.25) is 0 Å². The van der Waals surface area contributed by atoms with E-state index in [1.807, 2.05) is 31.4 Å². The van der Waals surface area contributed by atoms with Gasteiger partial charge in [-0.05, 0) is 11.6 Å². The molecule has 1 aromatic carbocycles. The van der Waals surface area contributed by atoms with Crippen LogP contribution in [0.15, 0.2) is 35.4 Å². The molecule has 0 aliphatic carbocycles. The summed E-state index contributed by atoms with van der Waals surface area (Å²) in [6.07, 6.45) is 3.67. The number of benzene rings is 1. The first-order chi connectivity index (χ1) is 9.19. The number of nitrogens with zero attached hydrogens (tertiary/aromatic N) is 3. The van der Waals surface area contributed by atoms with E-state index in [1.165, 1.54) is 0 Å². The van der Waals surface area contributed by atoms with Gasteiger partial charge in [-0.25, -0.2) is 5.10 Å². The second-order valence-electron chi connectivity index (χ2n) is 4.37. The summed E-state index contributed by atoms with van der Waals surface area (Å²) in [6.45, 7) is 0.291. The third-order valence-corrected chi connectivity index (χ3v) is 3.10. The fourth-order valence-electron chi connectivity index (χ4n) is 2.13. The van der Waals surface area contributed by atoms with Gasteiger partial charge >= 0.3 is 0 Å². The summed E-state index contributed by atoms with van der Waals surface area (Å²) in [6, 6.07) is 5.66. The van der Waals surface area contributed by atoms with E-state index in [4.69, 9.17) is 5.73 Å². The molecular formula is C13H13N5O. The molecule has 2 aromatic heterocycles. The summed E-state index contributed by atoms with van der Waals surface area (Å²) >= 11 is 0. The summed E-state index contributed by atoms with van der Waals surface area (Å²) in [5, 5.41) is 11.9. The lowest BCUT2D eigenvalue weighted by Gasteiger charge is -2.04. The fourth-order valence-corrected chi connectivity index (χ4v) is 2.13. The molecule has 0 spiro atoms. The molecule has 19 heavy (non-hydrogen) atoms. The lowest BCUT2D eigenvalue weighted by molar-refractivity contribution is 0.768. The van der Waals surface area contributed by atoms with Crippen molar-refractivity contribution in [2.75, 3.05) is 0 Å². The number of aromatic amines is 1. The quantitative estimate of drug-likeness (QED) is 0.708. The van der Waals surface area contributed by atoms with Crippen molar-refractivity contribution in [1.82, 2.24) is 20.0 Å². The Hall–Kier alpha value is -2.47. The minimum absolute atomic E-state index is 0.210. The maximum Gasteiger partial charge on any atom is 0.272 e. The monoisotopic (exact) mass is 255 g/mol. The Balaban J connectivity index is 2.26. The molecule has 0 atom stereocenters. The molecule has 0 unspecified atom stereocenters. The lowest BCUT2D eigenvalue weighted by Crippen LogP contribution is -2.13. The third-order valence-electron chi connectivity index (χ3n) is 3.10. The minimum Gasteiger partial charge on any atom is -0.325 e.